The number of benzene rings is 1. The molecule has 0 aliphatic carbocycles. The fourth-order valence-electron chi connectivity index (χ4n) is 2.31. The molecule has 0 spiro atoms. The first-order chi connectivity index (χ1) is 10.1. The first-order valence-corrected chi connectivity index (χ1v) is 7.36. The molecule has 2 heterocycles. The smallest absolute Gasteiger partial charge is 0.353 e. The maximum atomic E-state index is 10.9. The van der Waals surface area contributed by atoms with Crippen LogP contribution in [0.3, 0.4) is 0 Å². The van der Waals surface area contributed by atoms with E-state index in [-0.39, 0.29) is 5.69 Å². The number of halogens is 1. The van der Waals surface area contributed by atoms with Crippen molar-refractivity contribution >= 4 is 27.6 Å². The fraction of sp³-hybridized carbons (Fsp3) is 0.286. The lowest BCUT2D eigenvalue weighted by molar-refractivity contribution is 0.0690. The molecule has 0 bridgehead atoms. The molecule has 0 radical (unpaired) electrons. The average Bonchev–Trinajstić information content (AvgIpc) is 2.98. The van der Waals surface area contributed by atoms with Gasteiger partial charge in [-0.2, -0.15) is 5.10 Å². The second-order valence-electron chi connectivity index (χ2n) is 4.74. The minimum absolute atomic E-state index is 0.0818. The topological polar surface area (TPSA) is 78.4 Å². The zero-order valence-corrected chi connectivity index (χ0v) is 12.8. The number of rotatable bonds is 3. The lowest BCUT2D eigenvalue weighted by Gasteiger charge is -2.29. The second kappa shape index (κ2) is 5.87. The quantitative estimate of drug-likeness (QED) is 0.887. The van der Waals surface area contributed by atoms with Gasteiger partial charge in [0.2, 0.25) is 0 Å². The molecule has 1 fully saturated rings. The Hall–Kier alpha value is -1.86. The number of nitrogens with zero attached hydrogens (tertiary/aromatic N) is 2. The summed E-state index contributed by atoms with van der Waals surface area (Å²) >= 11 is 3.58. The highest BCUT2D eigenvalue weighted by atomic mass is 79.9. The molecule has 7 heteroatoms. The molecule has 0 unspecified atom stereocenters. The summed E-state index contributed by atoms with van der Waals surface area (Å²) in [7, 11) is 0. The average molecular weight is 352 g/mol. The predicted molar refractivity (Wildman–Crippen MR) is 81.7 cm³/mol. The maximum absolute atomic E-state index is 10.9. The highest BCUT2D eigenvalue weighted by molar-refractivity contribution is 9.10. The Labute approximate surface area is 129 Å². The third-order valence-corrected chi connectivity index (χ3v) is 4.04. The van der Waals surface area contributed by atoms with Crippen molar-refractivity contribution in [1.29, 1.82) is 0 Å². The van der Waals surface area contributed by atoms with Crippen LogP contribution in [0, 0.1) is 0 Å². The van der Waals surface area contributed by atoms with Crippen LogP contribution >= 0.6 is 15.9 Å². The van der Waals surface area contributed by atoms with Gasteiger partial charge in [0.05, 0.1) is 24.6 Å². The number of hydrogen-bond acceptors (Lipinski definition) is 4. The molecule has 110 valence electrons. The van der Waals surface area contributed by atoms with Gasteiger partial charge in [0.25, 0.3) is 0 Å². The van der Waals surface area contributed by atoms with E-state index in [4.69, 9.17) is 9.84 Å². The Morgan fingerprint density at radius 3 is 2.71 bits per heavy atom. The van der Waals surface area contributed by atoms with Crippen LogP contribution in [0.15, 0.2) is 28.7 Å². The number of H-pyrrole nitrogens is 1. The summed E-state index contributed by atoms with van der Waals surface area (Å²) in [5.74, 6) is -1.02. The predicted octanol–water partition coefficient (Wildman–Crippen LogP) is 2.37. The number of morpholine rings is 1. The van der Waals surface area contributed by atoms with E-state index in [0.29, 0.717) is 5.69 Å². The van der Waals surface area contributed by atoms with E-state index < -0.39 is 5.97 Å². The van der Waals surface area contributed by atoms with Crippen LogP contribution in [0.4, 0.5) is 5.69 Å². The standard InChI is InChI=1S/C14H14BrN3O3/c15-10-7-9(11-8-12(14(19)20)17-16-11)1-2-13(10)18-3-5-21-6-4-18/h1-2,7-8H,3-6H2,(H,16,17)(H,19,20). The summed E-state index contributed by atoms with van der Waals surface area (Å²) in [5.41, 5.74) is 2.67. The fourth-order valence-corrected chi connectivity index (χ4v) is 2.94. The third-order valence-electron chi connectivity index (χ3n) is 3.40. The van der Waals surface area contributed by atoms with Crippen molar-refractivity contribution in [3.05, 3.63) is 34.4 Å². The number of aromatic nitrogens is 2. The van der Waals surface area contributed by atoms with E-state index >= 15 is 0 Å². The van der Waals surface area contributed by atoms with Gasteiger partial charge in [-0.1, -0.05) is 6.07 Å². The van der Waals surface area contributed by atoms with Crippen molar-refractivity contribution in [2.24, 2.45) is 0 Å². The Morgan fingerprint density at radius 1 is 1.33 bits per heavy atom. The van der Waals surface area contributed by atoms with Gasteiger partial charge in [0.1, 0.15) is 5.69 Å². The Morgan fingerprint density at radius 2 is 2.10 bits per heavy atom. The van der Waals surface area contributed by atoms with E-state index in [0.717, 1.165) is 42.0 Å². The lowest BCUT2D eigenvalue weighted by atomic mass is 10.1. The number of anilines is 1. The van der Waals surface area contributed by atoms with Gasteiger partial charge >= 0.3 is 5.97 Å². The van der Waals surface area contributed by atoms with E-state index in [1.165, 1.54) is 6.07 Å². The number of nitrogens with one attached hydrogen (secondary N) is 1. The highest BCUT2D eigenvalue weighted by Gasteiger charge is 2.15. The molecule has 21 heavy (non-hydrogen) atoms. The number of hydrogen-bond donors (Lipinski definition) is 2. The van der Waals surface area contributed by atoms with E-state index in [2.05, 4.69) is 31.0 Å². The van der Waals surface area contributed by atoms with Crippen molar-refractivity contribution in [1.82, 2.24) is 10.2 Å². The summed E-state index contributed by atoms with van der Waals surface area (Å²) in [4.78, 5) is 13.1. The summed E-state index contributed by atoms with van der Waals surface area (Å²) in [6.45, 7) is 3.19. The zero-order valence-electron chi connectivity index (χ0n) is 11.2. The summed E-state index contributed by atoms with van der Waals surface area (Å²) in [6.07, 6.45) is 0. The molecule has 1 aliphatic rings. The molecule has 1 aromatic carbocycles. The van der Waals surface area contributed by atoms with Crippen LogP contribution in [0.5, 0.6) is 0 Å². The summed E-state index contributed by atoms with van der Waals surface area (Å²) in [6, 6.07) is 7.43. The Balaban J connectivity index is 1.87. The van der Waals surface area contributed by atoms with Crippen molar-refractivity contribution in [2.75, 3.05) is 31.2 Å². The van der Waals surface area contributed by atoms with Crippen LogP contribution in [-0.4, -0.2) is 47.6 Å². The summed E-state index contributed by atoms with van der Waals surface area (Å²) < 4.78 is 6.31. The van der Waals surface area contributed by atoms with Crippen molar-refractivity contribution in [3.63, 3.8) is 0 Å². The SMILES string of the molecule is O=C(O)c1cc(-c2ccc(N3CCOCC3)c(Br)c2)n[nH]1. The minimum Gasteiger partial charge on any atom is -0.477 e. The van der Waals surface area contributed by atoms with E-state index in [1.54, 1.807) is 0 Å². The van der Waals surface area contributed by atoms with Gasteiger partial charge in [-0.15, -0.1) is 0 Å². The minimum atomic E-state index is -1.02. The highest BCUT2D eigenvalue weighted by Crippen LogP contribution is 2.31. The van der Waals surface area contributed by atoms with Gasteiger partial charge in [-0.05, 0) is 34.1 Å². The number of carboxylic acid groups (broad SMARTS) is 1. The Kier molecular flexibility index (Phi) is 3.94. The molecular formula is C14H14BrN3O3. The lowest BCUT2D eigenvalue weighted by Crippen LogP contribution is -2.36. The van der Waals surface area contributed by atoms with E-state index in [9.17, 15) is 4.79 Å². The molecule has 2 N–H and O–H groups in total. The van der Waals surface area contributed by atoms with Gasteiger partial charge in [0, 0.05) is 23.1 Å². The zero-order chi connectivity index (χ0) is 14.8. The van der Waals surface area contributed by atoms with Crippen LogP contribution < -0.4 is 4.90 Å². The number of carboxylic acids is 1. The number of aromatic carboxylic acids is 1. The maximum Gasteiger partial charge on any atom is 0.353 e. The molecule has 0 saturated carbocycles. The van der Waals surface area contributed by atoms with Crippen LogP contribution in [-0.2, 0) is 4.74 Å². The van der Waals surface area contributed by atoms with Crippen LogP contribution in [0.2, 0.25) is 0 Å². The van der Waals surface area contributed by atoms with Gasteiger partial charge in [-0.25, -0.2) is 4.79 Å². The molecule has 0 amide bonds. The van der Waals surface area contributed by atoms with E-state index in [1.807, 2.05) is 18.2 Å². The number of aromatic amines is 1. The van der Waals surface area contributed by atoms with Crippen LogP contribution in [0.25, 0.3) is 11.3 Å². The van der Waals surface area contributed by atoms with Gasteiger partial charge in [0.15, 0.2) is 0 Å². The first-order valence-electron chi connectivity index (χ1n) is 6.56. The van der Waals surface area contributed by atoms with Gasteiger partial charge < -0.3 is 14.7 Å². The van der Waals surface area contributed by atoms with Crippen molar-refractivity contribution < 1.29 is 14.6 Å². The number of ether oxygens (including phenoxy) is 1. The molecule has 1 aromatic heterocycles. The van der Waals surface area contributed by atoms with Crippen LogP contribution in [0.1, 0.15) is 10.5 Å². The summed E-state index contributed by atoms with van der Waals surface area (Å²) in [5, 5.41) is 15.5. The van der Waals surface area contributed by atoms with Gasteiger partial charge in [-0.3, -0.25) is 5.10 Å². The van der Waals surface area contributed by atoms with Crippen molar-refractivity contribution in [3.8, 4) is 11.3 Å². The molecule has 0 atom stereocenters. The molecule has 6 nitrogen and oxygen atoms in total. The number of carbonyl (C=O) groups is 1. The van der Waals surface area contributed by atoms with Crippen molar-refractivity contribution in [2.45, 2.75) is 0 Å². The molecular weight excluding hydrogens is 338 g/mol. The molecule has 2 aromatic rings. The monoisotopic (exact) mass is 351 g/mol. The molecule has 1 saturated heterocycles. The third kappa shape index (κ3) is 2.93. The Bertz CT molecular complexity index is 665. The largest absolute Gasteiger partial charge is 0.477 e. The molecule has 3 rings (SSSR count). The second-order valence-corrected chi connectivity index (χ2v) is 5.59. The normalized spacial score (nSPS) is 15.2. The molecule has 1 aliphatic heterocycles. The first kappa shape index (κ1) is 14.1.